The van der Waals surface area contributed by atoms with Crippen molar-refractivity contribution in [3.8, 4) is 0 Å². The highest BCUT2D eigenvalue weighted by Crippen LogP contribution is 2.35. The second kappa shape index (κ2) is 6.44. The first-order chi connectivity index (χ1) is 9.45. The number of hydrogen-bond donors (Lipinski definition) is 1. The molecule has 0 atom stereocenters. The lowest BCUT2D eigenvalue weighted by Crippen LogP contribution is -2.32. The largest absolute Gasteiger partial charge is 0.348 e. The average molecular weight is 295 g/mol. The van der Waals surface area contributed by atoms with Crippen molar-refractivity contribution in [2.24, 2.45) is 5.92 Å². The normalized spacial score (nSPS) is 16.2. The van der Waals surface area contributed by atoms with Gasteiger partial charge in [0, 0.05) is 29.9 Å². The zero-order valence-electron chi connectivity index (χ0n) is 13.6. The molecule has 20 heavy (non-hydrogen) atoms. The molecule has 0 saturated heterocycles. The first-order valence-corrected chi connectivity index (χ1v) is 8.67. The minimum atomic E-state index is 0.122. The average Bonchev–Trinajstić information content (AvgIpc) is 2.72. The van der Waals surface area contributed by atoms with Crippen LogP contribution in [0, 0.1) is 5.92 Å². The summed E-state index contributed by atoms with van der Waals surface area (Å²) in [5.41, 5.74) is 1.38. The maximum absolute atomic E-state index is 4.99. The molecule has 1 aliphatic rings. The third-order valence-corrected chi connectivity index (χ3v) is 5.21. The molecule has 0 bridgehead atoms. The highest BCUT2D eigenvalue weighted by molar-refractivity contribution is 7.15. The van der Waals surface area contributed by atoms with E-state index in [1.165, 1.54) is 41.5 Å². The maximum atomic E-state index is 4.99. The number of rotatable bonds is 6. The number of nitrogens with zero attached hydrogens (tertiary/aromatic N) is 2. The van der Waals surface area contributed by atoms with Crippen molar-refractivity contribution in [2.45, 2.75) is 58.9 Å². The van der Waals surface area contributed by atoms with E-state index in [9.17, 15) is 0 Å². The van der Waals surface area contributed by atoms with Gasteiger partial charge >= 0.3 is 0 Å². The first-order valence-electron chi connectivity index (χ1n) is 7.85. The molecule has 1 aromatic rings. The highest BCUT2D eigenvalue weighted by Gasteiger charge is 2.26. The Labute approximate surface area is 127 Å². The van der Waals surface area contributed by atoms with Crippen LogP contribution < -0.4 is 10.2 Å². The summed E-state index contributed by atoms with van der Waals surface area (Å²) in [4.78, 5) is 8.85. The fourth-order valence-corrected chi connectivity index (χ4v) is 4.03. The number of anilines is 1. The zero-order valence-corrected chi connectivity index (χ0v) is 14.4. The van der Waals surface area contributed by atoms with E-state index in [1.54, 1.807) is 0 Å². The molecule has 114 valence electrons. The van der Waals surface area contributed by atoms with E-state index in [4.69, 9.17) is 4.98 Å². The molecule has 1 fully saturated rings. The van der Waals surface area contributed by atoms with E-state index in [2.05, 4.69) is 37.9 Å². The Hall–Kier alpha value is -0.610. The molecule has 1 N–H and O–H groups in total. The Morgan fingerprint density at radius 3 is 2.50 bits per heavy atom. The summed E-state index contributed by atoms with van der Waals surface area (Å²) in [7, 11) is 2.01. The number of hydrogen-bond acceptors (Lipinski definition) is 4. The standard InChI is InChI=1S/C16H29N3S/c1-6-19(11-12-8-7-9-12)15-18-14(16(2,3)4)13(20-15)10-17-5/h12,17H,6-11H2,1-5H3. The number of aromatic nitrogens is 1. The molecule has 0 unspecified atom stereocenters. The van der Waals surface area contributed by atoms with Crippen molar-refractivity contribution in [1.29, 1.82) is 0 Å². The van der Waals surface area contributed by atoms with Crippen LogP contribution >= 0.6 is 11.3 Å². The summed E-state index contributed by atoms with van der Waals surface area (Å²) in [5.74, 6) is 0.893. The van der Waals surface area contributed by atoms with Gasteiger partial charge in [0.1, 0.15) is 0 Å². The maximum Gasteiger partial charge on any atom is 0.185 e. The predicted molar refractivity (Wildman–Crippen MR) is 88.8 cm³/mol. The van der Waals surface area contributed by atoms with Crippen LogP contribution in [0.3, 0.4) is 0 Å². The number of nitrogens with one attached hydrogen (secondary N) is 1. The lowest BCUT2D eigenvalue weighted by molar-refractivity contribution is 0.318. The Bertz CT molecular complexity index is 429. The van der Waals surface area contributed by atoms with Crippen LogP contribution in [-0.4, -0.2) is 25.1 Å². The van der Waals surface area contributed by atoms with Crippen LogP contribution in [0.2, 0.25) is 0 Å². The molecule has 0 aliphatic heterocycles. The van der Waals surface area contributed by atoms with Gasteiger partial charge in [-0.25, -0.2) is 4.98 Å². The van der Waals surface area contributed by atoms with Gasteiger partial charge in [-0.3, -0.25) is 0 Å². The summed E-state index contributed by atoms with van der Waals surface area (Å²) in [6, 6.07) is 0. The van der Waals surface area contributed by atoms with Gasteiger partial charge in [-0.05, 0) is 32.7 Å². The second-order valence-electron chi connectivity index (χ2n) is 6.88. The third kappa shape index (κ3) is 3.53. The van der Waals surface area contributed by atoms with Crippen LogP contribution in [0.4, 0.5) is 5.13 Å². The second-order valence-corrected chi connectivity index (χ2v) is 7.95. The summed E-state index contributed by atoms with van der Waals surface area (Å²) in [6.45, 7) is 12.2. The molecule has 1 aliphatic carbocycles. The van der Waals surface area contributed by atoms with Gasteiger partial charge in [0.05, 0.1) is 5.69 Å². The van der Waals surface area contributed by atoms with Crippen LogP contribution in [0.1, 0.15) is 57.5 Å². The van der Waals surface area contributed by atoms with Crippen molar-refractivity contribution in [1.82, 2.24) is 10.3 Å². The minimum absolute atomic E-state index is 0.122. The smallest absolute Gasteiger partial charge is 0.185 e. The van der Waals surface area contributed by atoms with Crippen molar-refractivity contribution < 1.29 is 0 Å². The topological polar surface area (TPSA) is 28.2 Å². The molecular weight excluding hydrogens is 266 g/mol. The Kier molecular flexibility index (Phi) is 5.08. The Morgan fingerprint density at radius 1 is 1.35 bits per heavy atom. The van der Waals surface area contributed by atoms with Crippen LogP contribution in [0.25, 0.3) is 0 Å². The van der Waals surface area contributed by atoms with Gasteiger partial charge in [-0.1, -0.05) is 27.2 Å². The molecule has 1 heterocycles. The van der Waals surface area contributed by atoms with Crippen LogP contribution in [0.15, 0.2) is 0 Å². The monoisotopic (exact) mass is 295 g/mol. The fraction of sp³-hybridized carbons (Fsp3) is 0.812. The molecule has 4 heteroatoms. The van der Waals surface area contributed by atoms with Crippen LogP contribution in [0.5, 0.6) is 0 Å². The van der Waals surface area contributed by atoms with E-state index in [0.29, 0.717) is 0 Å². The molecule has 0 spiro atoms. The zero-order chi connectivity index (χ0) is 14.8. The third-order valence-electron chi connectivity index (χ3n) is 4.09. The first kappa shape index (κ1) is 15.8. The van der Waals surface area contributed by atoms with Gasteiger partial charge in [0.15, 0.2) is 5.13 Å². The van der Waals surface area contributed by atoms with Gasteiger partial charge in [-0.15, -0.1) is 11.3 Å². The SMILES string of the molecule is CCN(CC1CCC1)c1nc(C(C)(C)C)c(CNC)s1. The summed E-state index contributed by atoms with van der Waals surface area (Å²) < 4.78 is 0. The minimum Gasteiger partial charge on any atom is -0.348 e. The molecule has 0 radical (unpaired) electrons. The summed E-state index contributed by atoms with van der Waals surface area (Å²) in [5, 5.41) is 4.50. The summed E-state index contributed by atoms with van der Waals surface area (Å²) in [6.07, 6.45) is 4.22. The van der Waals surface area contributed by atoms with E-state index in [0.717, 1.165) is 19.0 Å². The molecule has 1 saturated carbocycles. The van der Waals surface area contributed by atoms with Gasteiger partial charge in [0.2, 0.25) is 0 Å². The summed E-state index contributed by atoms with van der Waals surface area (Å²) >= 11 is 1.87. The fourth-order valence-electron chi connectivity index (χ4n) is 2.67. The van der Waals surface area contributed by atoms with Crippen molar-refractivity contribution in [3.05, 3.63) is 10.6 Å². The molecular formula is C16H29N3S. The Morgan fingerprint density at radius 2 is 2.05 bits per heavy atom. The highest BCUT2D eigenvalue weighted by atomic mass is 32.1. The lowest BCUT2D eigenvalue weighted by Gasteiger charge is -2.31. The lowest BCUT2D eigenvalue weighted by atomic mass is 9.85. The van der Waals surface area contributed by atoms with Crippen molar-refractivity contribution in [2.75, 3.05) is 25.0 Å². The van der Waals surface area contributed by atoms with Gasteiger partial charge < -0.3 is 10.2 Å². The molecule has 0 amide bonds. The molecule has 0 aromatic carbocycles. The van der Waals surface area contributed by atoms with E-state index in [-0.39, 0.29) is 5.41 Å². The Balaban J connectivity index is 2.21. The van der Waals surface area contributed by atoms with E-state index < -0.39 is 0 Å². The number of thiazole rings is 1. The molecule has 2 rings (SSSR count). The predicted octanol–water partition coefficient (Wildman–Crippen LogP) is 3.79. The van der Waals surface area contributed by atoms with Crippen molar-refractivity contribution in [3.63, 3.8) is 0 Å². The van der Waals surface area contributed by atoms with E-state index >= 15 is 0 Å². The van der Waals surface area contributed by atoms with Gasteiger partial charge in [-0.2, -0.15) is 0 Å². The van der Waals surface area contributed by atoms with Gasteiger partial charge in [0.25, 0.3) is 0 Å². The quantitative estimate of drug-likeness (QED) is 0.865. The molecule has 1 aromatic heterocycles. The van der Waals surface area contributed by atoms with Crippen molar-refractivity contribution >= 4 is 16.5 Å². The molecule has 3 nitrogen and oxygen atoms in total. The van der Waals surface area contributed by atoms with E-state index in [1.807, 2.05) is 18.4 Å². The van der Waals surface area contributed by atoms with Crippen LogP contribution in [-0.2, 0) is 12.0 Å².